The van der Waals surface area contributed by atoms with E-state index in [-0.39, 0.29) is 47.4 Å². The van der Waals surface area contributed by atoms with Crippen LogP contribution in [-0.4, -0.2) is 57.7 Å². The molecule has 3 aliphatic rings. The van der Waals surface area contributed by atoms with Crippen LogP contribution in [0.25, 0.3) is 0 Å². The van der Waals surface area contributed by atoms with Crippen LogP contribution in [0.4, 0.5) is 15.0 Å². The maximum atomic E-state index is 14.2. The molecule has 1 aromatic rings. The van der Waals surface area contributed by atoms with Crippen LogP contribution in [0.15, 0.2) is 12.1 Å². The van der Waals surface area contributed by atoms with E-state index in [0.717, 1.165) is 18.7 Å². The summed E-state index contributed by atoms with van der Waals surface area (Å²) in [5, 5.41) is 3.21. The molecular formula is C22H35FN6O. The predicted octanol–water partition coefficient (Wildman–Crippen LogP) is 2.94. The first kappa shape index (κ1) is 21.3. The van der Waals surface area contributed by atoms with Crippen LogP contribution < -0.4 is 16.2 Å². The second kappa shape index (κ2) is 7.64. The van der Waals surface area contributed by atoms with Gasteiger partial charge in [-0.2, -0.15) is 0 Å². The topological polar surface area (TPSA) is 72.5 Å². The average Bonchev–Trinajstić information content (AvgIpc) is 3.19. The number of carbonyl (C=O) groups excluding carboxylic acids is 1. The first-order valence-corrected chi connectivity index (χ1v) is 11.1. The fourth-order valence-corrected chi connectivity index (χ4v) is 5.36. The van der Waals surface area contributed by atoms with Gasteiger partial charge in [0.15, 0.2) is 11.6 Å². The standard InChI is InChI=1S/C22H35FN6O/c1-12-9-15(4)28(10-13(12)2)21(30)29-11-16-18(22(29,5)6)26-27-19(16)25-20-17(23)8-7-14(3)24-20/h7-8,12-13,15-16,18-19,26-27H,9-11H2,1-6H3,(H,24,25)/t12?,13-,15+,16?,18?,19?/m1/s1. The number of anilines is 1. The third-order valence-electron chi connectivity index (χ3n) is 7.56. The number of nitrogens with zero attached hydrogens (tertiary/aromatic N) is 3. The molecule has 0 radical (unpaired) electrons. The molecule has 0 bridgehead atoms. The molecule has 0 aromatic carbocycles. The normalized spacial score (nSPS) is 35.4. The van der Waals surface area contributed by atoms with Crippen LogP contribution in [0.3, 0.4) is 0 Å². The maximum absolute atomic E-state index is 14.2. The number of likely N-dealkylation sites (tertiary alicyclic amines) is 2. The number of hydrogen-bond acceptors (Lipinski definition) is 5. The van der Waals surface area contributed by atoms with Crippen LogP contribution in [0.1, 0.15) is 46.7 Å². The molecule has 166 valence electrons. The molecule has 30 heavy (non-hydrogen) atoms. The van der Waals surface area contributed by atoms with Gasteiger partial charge >= 0.3 is 6.03 Å². The van der Waals surface area contributed by atoms with E-state index in [0.29, 0.717) is 18.4 Å². The van der Waals surface area contributed by atoms with E-state index >= 15 is 0 Å². The summed E-state index contributed by atoms with van der Waals surface area (Å²) in [6.07, 6.45) is 0.824. The Labute approximate surface area is 178 Å². The number of aromatic nitrogens is 1. The number of urea groups is 1. The summed E-state index contributed by atoms with van der Waals surface area (Å²) in [5.74, 6) is 1.10. The zero-order chi connectivity index (χ0) is 21.8. The minimum absolute atomic E-state index is 0.0586. The van der Waals surface area contributed by atoms with Gasteiger partial charge in [0.2, 0.25) is 0 Å². The maximum Gasteiger partial charge on any atom is 0.320 e. The molecule has 2 amide bonds. The van der Waals surface area contributed by atoms with Gasteiger partial charge in [0, 0.05) is 30.7 Å². The lowest BCUT2D eigenvalue weighted by Gasteiger charge is -2.45. The van der Waals surface area contributed by atoms with Gasteiger partial charge in [-0.3, -0.25) is 5.43 Å². The first-order chi connectivity index (χ1) is 14.1. The zero-order valence-corrected chi connectivity index (χ0v) is 18.9. The molecule has 7 nitrogen and oxygen atoms in total. The van der Waals surface area contributed by atoms with E-state index in [1.165, 1.54) is 6.07 Å². The quantitative estimate of drug-likeness (QED) is 0.689. The van der Waals surface area contributed by atoms with E-state index in [1.807, 2.05) is 16.7 Å². The van der Waals surface area contributed by atoms with Crippen molar-refractivity contribution in [3.05, 3.63) is 23.6 Å². The van der Waals surface area contributed by atoms with Gasteiger partial charge in [-0.05, 0) is 58.1 Å². The molecule has 3 fully saturated rings. The predicted molar refractivity (Wildman–Crippen MR) is 115 cm³/mol. The second-order valence-corrected chi connectivity index (χ2v) is 10.1. The number of hydrogen-bond donors (Lipinski definition) is 3. The highest BCUT2D eigenvalue weighted by Gasteiger charge is 2.56. The van der Waals surface area contributed by atoms with Crippen molar-refractivity contribution in [2.45, 2.75) is 71.8 Å². The fourth-order valence-electron chi connectivity index (χ4n) is 5.36. The Hall–Kier alpha value is -1.93. The molecule has 4 unspecified atom stereocenters. The van der Waals surface area contributed by atoms with Gasteiger partial charge in [0.05, 0.1) is 17.7 Å². The fraction of sp³-hybridized carbons (Fsp3) is 0.727. The summed E-state index contributed by atoms with van der Waals surface area (Å²) >= 11 is 0. The zero-order valence-electron chi connectivity index (χ0n) is 18.9. The Morgan fingerprint density at radius 3 is 2.67 bits per heavy atom. The lowest BCUT2D eigenvalue weighted by atomic mass is 9.85. The van der Waals surface area contributed by atoms with Gasteiger partial charge in [-0.1, -0.05) is 13.8 Å². The van der Waals surface area contributed by atoms with E-state index in [9.17, 15) is 9.18 Å². The van der Waals surface area contributed by atoms with E-state index < -0.39 is 0 Å². The van der Waals surface area contributed by atoms with E-state index in [1.54, 1.807) is 6.07 Å². The highest BCUT2D eigenvalue weighted by Crippen LogP contribution is 2.39. The number of halogens is 1. The van der Waals surface area contributed by atoms with Crippen molar-refractivity contribution in [1.29, 1.82) is 0 Å². The van der Waals surface area contributed by atoms with Crippen LogP contribution in [-0.2, 0) is 0 Å². The van der Waals surface area contributed by atoms with Crippen molar-refractivity contribution in [3.63, 3.8) is 0 Å². The Morgan fingerprint density at radius 2 is 1.93 bits per heavy atom. The molecule has 4 rings (SSSR count). The highest BCUT2D eigenvalue weighted by molar-refractivity contribution is 5.76. The average molecular weight is 419 g/mol. The lowest BCUT2D eigenvalue weighted by molar-refractivity contribution is 0.0641. The van der Waals surface area contributed by atoms with Gasteiger partial charge in [-0.25, -0.2) is 19.6 Å². The summed E-state index contributed by atoms with van der Waals surface area (Å²) in [4.78, 5) is 21.9. The van der Waals surface area contributed by atoms with Gasteiger partial charge in [0.1, 0.15) is 0 Å². The number of piperidine rings is 1. The number of rotatable bonds is 2. The molecule has 0 aliphatic carbocycles. The van der Waals surface area contributed by atoms with Crippen molar-refractivity contribution in [3.8, 4) is 0 Å². The monoisotopic (exact) mass is 418 g/mol. The van der Waals surface area contributed by atoms with Crippen LogP contribution in [0.5, 0.6) is 0 Å². The van der Waals surface area contributed by atoms with Crippen LogP contribution >= 0.6 is 0 Å². The van der Waals surface area contributed by atoms with Crippen molar-refractivity contribution < 1.29 is 9.18 Å². The third kappa shape index (κ3) is 3.54. The van der Waals surface area contributed by atoms with Gasteiger partial charge in [-0.15, -0.1) is 0 Å². The van der Waals surface area contributed by atoms with E-state index in [2.05, 4.69) is 55.8 Å². The van der Waals surface area contributed by atoms with Gasteiger partial charge < -0.3 is 15.1 Å². The van der Waals surface area contributed by atoms with Gasteiger partial charge in [0.25, 0.3) is 0 Å². The van der Waals surface area contributed by atoms with Crippen molar-refractivity contribution in [2.75, 3.05) is 18.4 Å². The van der Waals surface area contributed by atoms with Crippen molar-refractivity contribution in [2.24, 2.45) is 17.8 Å². The first-order valence-electron chi connectivity index (χ1n) is 11.1. The molecule has 1 aromatic heterocycles. The molecule has 3 N–H and O–H groups in total. The Balaban J connectivity index is 1.51. The molecule has 8 heteroatoms. The third-order valence-corrected chi connectivity index (χ3v) is 7.56. The molecule has 6 atom stereocenters. The highest BCUT2D eigenvalue weighted by atomic mass is 19.1. The summed E-state index contributed by atoms with van der Waals surface area (Å²) in [6.45, 7) is 14.1. The second-order valence-electron chi connectivity index (χ2n) is 10.1. The largest absolute Gasteiger partial charge is 0.351 e. The Kier molecular flexibility index (Phi) is 5.43. The molecule has 3 saturated heterocycles. The lowest BCUT2D eigenvalue weighted by Crippen LogP contribution is -2.60. The molecule has 0 spiro atoms. The number of fused-ring (bicyclic) bond motifs is 1. The molecule has 3 aliphatic heterocycles. The summed E-state index contributed by atoms with van der Waals surface area (Å²) in [7, 11) is 0. The minimum Gasteiger partial charge on any atom is -0.351 e. The number of amides is 2. The molecular weight excluding hydrogens is 383 g/mol. The smallest absolute Gasteiger partial charge is 0.320 e. The summed E-state index contributed by atoms with van der Waals surface area (Å²) in [6, 6.07) is 3.50. The number of aryl methyl sites for hydroxylation is 1. The molecule has 0 saturated carbocycles. The minimum atomic E-state index is -0.374. The number of hydrazine groups is 1. The van der Waals surface area contributed by atoms with Crippen molar-refractivity contribution >= 4 is 11.8 Å². The van der Waals surface area contributed by atoms with Crippen LogP contribution in [0, 0.1) is 30.5 Å². The van der Waals surface area contributed by atoms with Crippen LogP contribution in [0.2, 0.25) is 0 Å². The molecule has 4 heterocycles. The Morgan fingerprint density at radius 1 is 1.20 bits per heavy atom. The number of carbonyl (C=O) groups is 1. The SMILES string of the molecule is Cc1ccc(F)c(NC2NNC3C2CN(C(=O)N2C[C@@H](C)C(C)C[C@@H]2C)C3(C)C)n1. The summed E-state index contributed by atoms with van der Waals surface area (Å²) < 4.78 is 14.2. The Bertz CT molecular complexity index is 817. The number of pyridine rings is 1. The summed E-state index contributed by atoms with van der Waals surface area (Å²) in [5.41, 5.74) is 7.00. The number of nitrogens with one attached hydrogen (secondary N) is 3. The van der Waals surface area contributed by atoms with Crippen molar-refractivity contribution in [1.82, 2.24) is 25.6 Å². The van der Waals surface area contributed by atoms with E-state index in [4.69, 9.17) is 0 Å².